The first-order valence-electron chi connectivity index (χ1n) is 10.6. The summed E-state index contributed by atoms with van der Waals surface area (Å²) in [5, 5.41) is 20.9. The zero-order valence-electron chi connectivity index (χ0n) is 17.5. The Morgan fingerprint density at radius 1 is 1.06 bits per heavy atom. The van der Waals surface area contributed by atoms with Crippen LogP contribution in [-0.2, 0) is 14.3 Å². The predicted molar refractivity (Wildman–Crippen MR) is 115 cm³/mol. The smallest absolute Gasteiger partial charge is 0.295 e. The van der Waals surface area contributed by atoms with Gasteiger partial charge in [-0.2, -0.15) is 0 Å². The van der Waals surface area contributed by atoms with Crippen molar-refractivity contribution in [1.29, 1.82) is 0 Å². The average molecular weight is 440 g/mol. The minimum absolute atomic E-state index is 0.0109. The van der Waals surface area contributed by atoms with Crippen molar-refractivity contribution in [3.05, 3.63) is 71.0 Å². The number of Topliss-reactive ketones (excluding diaryl/α,β-unsaturated/α-hetero) is 1. The van der Waals surface area contributed by atoms with Crippen LogP contribution in [0.15, 0.2) is 54.1 Å². The predicted octanol–water partition coefficient (Wildman–Crippen LogP) is 2.68. The van der Waals surface area contributed by atoms with E-state index in [1.54, 1.807) is 12.1 Å². The van der Waals surface area contributed by atoms with Crippen LogP contribution >= 0.6 is 0 Å². The molecule has 2 aromatic rings. The summed E-state index contributed by atoms with van der Waals surface area (Å²) in [4.78, 5) is 29.6. The zero-order valence-corrected chi connectivity index (χ0v) is 17.5. The standard InChI is InChI=1S/C24H25FN2O5/c25-18-7-5-16(6-8-18)22(29)20-21(17-3-1-4-19(28)15-17)27(24(31)23(20)30)10-2-9-26-11-13-32-14-12-26/h1,3-8,15,21,28-29H,2,9-14H2/b22-20+/t21-/m0/s1. The Kier molecular flexibility index (Phi) is 6.53. The summed E-state index contributed by atoms with van der Waals surface area (Å²) in [6.07, 6.45) is 0.638. The first kappa shape index (κ1) is 22.0. The summed E-state index contributed by atoms with van der Waals surface area (Å²) in [7, 11) is 0. The van der Waals surface area contributed by atoms with E-state index in [-0.39, 0.29) is 22.6 Å². The summed E-state index contributed by atoms with van der Waals surface area (Å²) < 4.78 is 18.7. The number of ketones is 1. The van der Waals surface area contributed by atoms with Crippen LogP contribution in [0.2, 0.25) is 0 Å². The van der Waals surface area contributed by atoms with Gasteiger partial charge >= 0.3 is 0 Å². The van der Waals surface area contributed by atoms with Crippen LogP contribution in [0.1, 0.15) is 23.6 Å². The number of aliphatic hydroxyl groups is 1. The molecular weight excluding hydrogens is 415 g/mol. The number of benzene rings is 2. The number of rotatable bonds is 6. The summed E-state index contributed by atoms with van der Waals surface area (Å²) >= 11 is 0. The van der Waals surface area contributed by atoms with E-state index < -0.39 is 23.5 Å². The molecule has 1 amide bonds. The molecule has 2 heterocycles. The van der Waals surface area contributed by atoms with Crippen LogP contribution in [0.4, 0.5) is 4.39 Å². The van der Waals surface area contributed by atoms with Gasteiger partial charge in [0.2, 0.25) is 0 Å². The van der Waals surface area contributed by atoms with E-state index in [1.165, 1.54) is 41.3 Å². The molecule has 2 N–H and O–H groups in total. The Hall–Kier alpha value is -3.23. The van der Waals surface area contributed by atoms with Crippen molar-refractivity contribution in [2.24, 2.45) is 0 Å². The lowest BCUT2D eigenvalue weighted by molar-refractivity contribution is -0.140. The molecule has 2 aliphatic rings. The molecule has 1 atom stereocenters. The lowest BCUT2D eigenvalue weighted by Gasteiger charge is -2.29. The second kappa shape index (κ2) is 9.50. The van der Waals surface area contributed by atoms with Crippen molar-refractivity contribution in [3.8, 4) is 5.75 Å². The van der Waals surface area contributed by atoms with Crippen LogP contribution in [0.5, 0.6) is 5.75 Å². The summed E-state index contributed by atoms with van der Waals surface area (Å²) in [5.41, 5.74) is 0.681. The number of carbonyl (C=O) groups excluding carboxylic acids is 2. The van der Waals surface area contributed by atoms with Crippen LogP contribution in [0, 0.1) is 5.82 Å². The molecule has 0 radical (unpaired) electrons. The van der Waals surface area contributed by atoms with Crippen molar-refractivity contribution in [2.75, 3.05) is 39.4 Å². The Morgan fingerprint density at radius 2 is 1.78 bits per heavy atom. The minimum atomic E-state index is -0.850. The maximum atomic E-state index is 13.3. The molecule has 0 aromatic heterocycles. The fraction of sp³-hybridized carbons (Fsp3) is 0.333. The van der Waals surface area contributed by atoms with Crippen molar-refractivity contribution >= 4 is 17.4 Å². The van der Waals surface area contributed by atoms with Crippen LogP contribution in [0.3, 0.4) is 0 Å². The van der Waals surface area contributed by atoms with Gasteiger partial charge in [-0.1, -0.05) is 12.1 Å². The van der Waals surface area contributed by atoms with E-state index >= 15 is 0 Å². The highest BCUT2D eigenvalue weighted by molar-refractivity contribution is 6.46. The Bertz CT molecular complexity index is 1030. The van der Waals surface area contributed by atoms with Gasteiger partial charge in [-0.25, -0.2) is 4.39 Å². The second-order valence-corrected chi connectivity index (χ2v) is 7.90. The molecule has 2 saturated heterocycles. The van der Waals surface area contributed by atoms with Crippen LogP contribution in [0.25, 0.3) is 5.76 Å². The fourth-order valence-corrected chi connectivity index (χ4v) is 4.20. The molecule has 4 rings (SSSR count). The van der Waals surface area contributed by atoms with E-state index in [0.717, 1.165) is 19.6 Å². The minimum Gasteiger partial charge on any atom is -0.508 e. The molecular formula is C24H25FN2O5. The first-order valence-corrected chi connectivity index (χ1v) is 10.6. The van der Waals surface area contributed by atoms with Gasteiger partial charge in [-0.3, -0.25) is 14.5 Å². The highest BCUT2D eigenvalue weighted by Gasteiger charge is 2.45. The monoisotopic (exact) mass is 440 g/mol. The SMILES string of the molecule is O=C1C(=O)N(CCCN2CCOCC2)[C@@H](c2cccc(O)c2)/C1=C(\O)c1ccc(F)cc1. The summed E-state index contributed by atoms with van der Waals surface area (Å²) in [5.74, 6) is -2.36. The third-order valence-electron chi connectivity index (χ3n) is 5.82. The number of carbonyl (C=O) groups is 2. The van der Waals surface area contributed by atoms with Gasteiger partial charge in [0, 0.05) is 31.7 Å². The maximum Gasteiger partial charge on any atom is 0.295 e. The molecule has 8 heteroatoms. The molecule has 168 valence electrons. The third kappa shape index (κ3) is 4.51. The van der Waals surface area contributed by atoms with E-state index in [2.05, 4.69) is 4.90 Å². The number of nitrogens with zero attached hydrogens (tertiary/aromatic N) is 2. The molecule has 0 saturated carbocycles. The molecule has 32 heavy (non-hydrogen) atoms. The number of hydrogen-bond donors (Lipinski definition) is 2. The number of halogens is 1. The van der Waals surface area contributed by atoms with Gasteiger partial charge < -0.3 is 19.8 Å². The topological polar surface area (TPSA) is 90.3 Å². The lowest BCUT2D eigenvalue weighted by atomic mass is 9.95. The Labute approximate surface area is 185 Å². The molecule has 0 unspecified atom stereocenters. The number of phenols is 1. The van der Waals surface area contributed by atoms with Crippen molar-refractivity contribution < 1.29 is 28.9 Å². The van der Waals surface area contributed by atoms with Gasteiger partial charge in [0.1, 0.15) is 17.3 Å². The maximum absolute atomic E-state index is 13.3. The fourth-order valence-electron chi connectivity index (χ4n) is 4.20. The van der Waals surface area contributed by atoms with Crippen molar-refractivity contribution in [2.45, 2.75) is 12.5 Å². The number of hydrogen-bond acceptors (Lipinski definition) is 6. The highest BCUT2D eigenvalue weighted by atomic mass is 19.1. The number of amides is 1. The van der Waals surface area contributed by atoms with E-state index in [4.69, 9.17) is 4.74 Å². The van der Waals surface area contributed by atoms with Crippen molar-refractivity contribution in [1.82, 2.24) is 9.80 Å². The van der Waals surface area contributed by atoms with E-state index in [0.29, 0.717) is 31.7 Å². The first-order chi connectivity index (χ1) is 15.5. The highest BCUT2D eigenvalue weighted by Crippen LogP contribution is 2.40. The second-order valence-electron chi connectivity index (χ2n) is 7.90. The molecule has 0 bridgehead atoms. The quantitative estimate of drug-likeness (QED) is 0.408. The van der Waals surface area contributed by atoms with E-state index in [9.17, 15) is 24.2 Å². The Morgan fingerprint density at radius 3 is 2.47 bits per heavy atom. The third-order valence-corrected chi connectivity index (χ3v) is 5.82. The number of likely N-dealkylation sites (tertiary alicyclic amines) is 1. The lowest BCUT2D eigenvalue weighted by Crippen LogP contribution is -2.38. The van der Waals surface area contributed by atoms with Gasteiger partial charge in [0.05, 0.1) is 24.8 Å². The molecule has 2 fully saturated rings. The number of aliphatic hydroxyl groups excluding tert-OH is 1. The summed E-state index contributed by atoms with van der Waals surface area (Å²) in [6.45, 7) is 4.04. The zero-order chi connectivity index (χ0) is 22.7. The van der Waals surface area contributed by atoms with Gasteiger partial charge in [0.15, 0.2) is 0 Å². The molecule has 0 spiro atoms. The van der Waals surface area contributed by atoms with Gasteiger partial charge in [-0.05, 0) is 48.4 Å². The largest absolute Gasteiger partial charge is 0.508 e. The molecule has 0 aliphatic carbocycles. The molecule has 2 aromatic carbocycles. The normalized spacial score (nSPS) is 21.3. The van der Waals surface area contributed by atoms with Gasteiger partial charge in [0.25, 0.3) is 11.7 Å². The van der Waals surface area contributed by atoms with Gasteiger partial charge in [-0.15, -0.1) is 0 Å². The summed E-state index contributed by atoms with van der Waals surface area (Å²) in [6, 6.07) is 10.5. The average Bonchev–Trinajstić information content (AvgIpc) is 3.05. The van der Waals surface area contributed by atoms with Crippen LogP contribution in [-0.4, -0.2) is 71.1 Å². The molecule has 7 nitrogen and oxygen atoms in total. The van der Waals surface area contributed by atoms with Crippen molar-refractivity contribution in [3.63, 3.8) is 0 Å². The number of aromatic hydroxyl groups is 1. The van der Waals surface area contributed by atoms with E-state index in [1.807, 2.05) is 0 Å². The Balaban J connectivity index is 1.67. The number of ether oxygens (including phenoxy) is 1. The number of phenolic OH excluding ortho intramolecular Hbond substituents is 1. The molecule has 2 aliphatic heterocycles. The van der Waals surface area contributed by atoms with Crippen LogP contribution < -0.4 is 0 Å². The number of morpholine rings is 1.